The number of rotatable bonds is 6. The topological polar surface area (TPSA) is 82.0 Å². The summed E-state index contributed by atoms with van der Waals surface area (Å²) in [6.45, 7) is 4.13. The van der Waals surface area contributed by atoms with Crippen molar-refractivity contribution in [2.24, 2.45) is 0 Å². The lowest BCUT2D eigenvalue weighted by atomic mass is 10.1. The molecule has 5 heteroatoms. The second-order valence-electron chi connectivity index (χ2n) is 4.22. The van der Waals surface area contributed by atoms with Crippen LogP contribution >= 0.6 is 0 Å². The Balaban J connectivity index is 2.79. The largest absolute Gasteiger partial charge is 0.390 e. The number of Topliss-reactive ketones (excluding diaryl/α,β-unsaturated/α-hetero) is 1. The number of carbonyl (C=O) groups is 2. The van der Waals surface area contributed by atoms with Gasteiger partial charge in [0.05, 0.1) is 0 Å². The summed E-state index contributed by atoms with van der Waals surface area (Å²) in [5.41, 5.74) is 0.986. The van der Waals surface area contributed by atoms with Crippen LogP contribution in [0.15, 0.2) is 36.0 Å². The molecule has 0 saturated carbocycles. The van der Waals surface area contributed by atoms with E-state index in [1.165, 1.54) is 13.1 Å². The van der Waals surface area contributed by atoms with Gasteiger partial charge in [-0.1, -0.05) is 19.1 Å². The number of ketones is 1. The molecule has 0 radical (unpaired) electrons. The highest BCUT2D eigenvalue weighted by molar-refractivity contribution is 6.07. The number of nitrogens with zero attached hydrogens (tertiary/aromatic N) is 1. The van der Waals surface area contributed by atoms with E-state index in [9.17, 15) is 9.59 Å². The van der Waals surface area contributed by atoms with E-state index in [0.29, 0.717) is 17.8 Å². The number of anilines is 1. The molecule has 1 rings (SSSR count). The summed E-state index contributed by atoms with van der Waals surface area (Å²) in [6.07, 6.45) is 2.30. The summed E-state index contributed by atoms with van der Waals surface area (Å²) < 4.78 is 0. The van der Waals surface area contributed by atoms with Crippen LogP contribution in [0, 0.1) is 11.3 Å². The fraction of sp³-hybridized carbons (Fsp3) is 0.267. The van der Waals surface area contributed by atoms with E-state index >= 15 is 0 Å². The first kappa shape index (κ1) is 15.4. The highest BCUT2D eigenvalue weighted by Crippen LogP contribution is 2.12. The summed E-state index contributed by atoms with van der Waals surface area (Å²) in [5, 5.41) is 14.4. The van der Waals surface area contributed by atoms with E-state index in [0.717, 1.165) is 6.42 Å². The lowest BCUT2D eigenvalue weighted by Crippen LogP contribution is -2.17. The second-order valence-corrected chi connectivity index (χ2v) is 4.22. The van der Waals surface area contributed by atoms with Gasteiger partial charge < -0.3 is 10.6 Å². The molecule has 0 atom stereocenters. The summed E-state index contributed by atoms with van der Waals surface area (Å²) >= 11 is 0. The lowest BCUT2D eigenvalue weighted by Gasteiger charge is -2.06. The third kappa shape index (κ3) is 4.58. The van der Waals surface area contributed by atoms with Crippen molar-refractivity contribution in [3.05, 3.63) is 41.6 Å². The van der Waals surface area contributed by atoms with Gasteiger partial charge in [-0.05, 0) is 25.5 Å². The van der Waals surface area contributed by atoms with Crippen molar-refractivity contribution in [2.75, 3.05) is 11.9 Å². The molecule has 0 heterocycles. The Kier molecular flexibility index (Phi) is 5.98. The highest BCUT2D eigenvalue weighted by atomic mass is 16.1. The highest BCUT2D eigenvalue weighted by Gasteiger charge is 2.09. The molecule has 1 aromatic carbocycles. The molecule has 0 aliphatic carbocycles. The fourth-order valence-corrected chi connectivity index (χ4v) is 1.48. The monoisotopic (exact) mass is 271 g/mol. The summed E-state index contributed by atoms with van der Waals surface area (Å²) in [5.74, 6) is -0.585. The quantitative estimate of drug-likeness (QED) is 0.360. The molecule has 5 nitrogen and oxygen atoms in total. The third-order valence-corrected chi connectivity index (χ3v) is 2.53. The molecule has 0 spiro atoms. The number of nitrogens with one attached hydrogen (secondary N) is 2. The summed E-state index contributed by atoms with van der Waals surface area (Å²) in [6, 6.07) is 8.43. The van der Waals surface area contributed by atoms with Gasteiger partial charge in [-0.2, -0.15) is 5.26 Å². The SMILES string of the molecule is CCCN/C=C(/C#N)C(=O)Nc1cccc(C(C)=O)c1. The fourth-order valence-electron chi connectivity index (χ4n) is 1.48. The van der Waals surface area contributed by atoms with E-state index in [1.807, 2.05) is 13.0 Å². The number of nitriles is 1. The smallest absolute Gasteiger partial charge is 0.267 e. The average molecular weight is 271 g/mol. The maximum absolute atomic E-state index is 11.9. The van der Waals surface area contributed by atoms with Crippen molar-refractivity contribution in [3.8, 4) is 6.07 Å². The Morgan fingerprint density at radius 2 is 2.15 bits per heavy atom. The van der Waals surface area contributed by atoms with Crippen LogP contribution < -0.4 is 10.6 Å². The average Bonchev–Trinajstić information content (AvgIpc) is 2.43. The Hall–Kier alpha value is -2.61. The molecule has 0 aliphatic heterocycles. The Bertz CT molecular complexity index is 571. The van der Waals surface area contributed by atoms with Crippen molar-refractivity contribution in [1.29, 1.82) is 5.26 Å². The van der Waals surface area contributed by atoms with E-state index in [-0.39, 0.29) is 11.4 Å². The predicted molar refractivity (Wildman–Crippen MR) is 77.1 cm³/mol. The Labute approximate surface area is 118 Å². The molecular weight excluding hydrogens is 254 g/mol. The Morgan fingerprint density at radius 3 is 2.75 bits per heavy atom. The van der Waals surface area contributed by atoms with Crippen LogP contribution in [0.2, 0.25) is 0 Å². The van der Waals surface area contributed by atoms with Gasteiger partial charge >= 0.3 is 0 Å². The molecular formula is C15H17N3O2. The molecule has 2 N–H and O–H groups in total. The van der Waals surface area contributed by atoms with Crippen molar-refractivity contribution >= 4 is 17.4 Å². The normalized spacial score (nSPS) is 10.6. The molecule has 1 aromatic rings. The van der Waals surface area contributed by atoms with Gasteiger partial charge in [-0.25, -0.2) is 0 Å². The van der Waals surface area contributed by atoms with Gasteiger partial charge in [0.25, 0.3) is 5.91 Å². The maximum Gasteiger partial charge on any atom is 0.267 e. The zero-order valence-electron chi connectivity index (χ0n) is 11.6. The number of hydrogen-bond donors (Lipinski definition) is 2. The van der Waals surface area contributed by atoms with E-state index in [2.05, 4.69) is 10.6 Å². The van der Waals surface area contributed by atoms with Crippen LogP contribution in [0.4, 0.5) is 5.69 Å². The zero-order valence-corrected chi connectivity index (χ0v) is 11.6. The first-order valence-electron chi connectivity index (χ1n) is 6.34. The lowest BCUT2D eigenvalue weighted by molar-refractivity contribution is -0.112. The molecule has 0 fully saturated rings. The standard InChI is InChI=1S/C15H17N3O2/c1-3-7-17-10-13(9-16)15(20)18-14-6-4-5-12(8-14)11(2)19/h4-6,8,10,17H,3,7H2,1-2H3,(H,18,20)/b13-10-. The van der Waals surface area contributed by atoms with E-state index in [1.54, 1.807) is 24.3 Å². The van der Waals surface area contributed by atoms with Crippen molar-refractivity contribution in [2.45, 2.75) is 20.3 Å². The molecule has 1 amide bonds. The molecule has 20 heavy (non-hydrogen) atoms. The van der Waals surface area contributed by atoms with Crippen LogP contribution in [0.3, 0.4) is 0 Å². The molecule has 0 aliphatic rings. The first-order chi connectivity index (χ1) is 9.58. The van der Waals surface area contributed by atoms with Crippen LogP contribution in [-0.4, -0.2) is 18.2 Å². The van der Waals surface area contributed by atoms with Gasteiger partial charge in [0.2, 0.25) is 0 Å². The number of hydrogen-bond acceptors (Lipinski definition) is 4. The minimum absolute atomic E-state index is 0.00771. The molecule has 104 valence electrons. The second kappa shape index (κ2) is 7.74. The molecule has 0 unspecified atom stereocenters. The van der Waals surface area contributed by atoms with Crippen molar-refractivity contribution in [3.63, 3.8) is 0 Å². The van der Waals surface area contributed by atoms with Gasteiger partial charge in [0.15, 0.2) is 5.78 Å². The predicted octanol–water partition coefficient (Wildman–Crippen LogP) is 2.23. The van der Waals surface area contributed by atoms with Gasteiger partial charge in [0.1, 0.15) is 11.6 Å². The minimum atomic E-state index is -0.503. The van der Waals surface area contributed by atoms with Crippen LogP contribution in [-0.2, 0) is 4.79 Å². The van der Waals surface area contributed by atoms with E-state index in [4.69, 9.17) is 5.26 Å². The van der Waals surface area contributed by atoms with Crippen molar-refractivity contribution in [1.82, 2.24) is 5.32 Å². The third-order valence-electron chi connectivity index (χ3n) is 2.53. The van der Waals surface area contributed by atoms with Crippen LogP contribution in [0.5, 0.6) is 0 Å². The minimum Gasteiger partial charge on any atom is -0.390 e. The summed E-state index contributed by atoms with van der Waals surface area (Å²) in [4.78, 5) is 23.2. The maximum atomic E-state index is 11.9. The summed E-state index contributed by atoms with van der Waals surface area (Å²) in [7, 11) is 0. The number of amides is 1. The van der Waals surface area contributed by atoms with E-state index < -0.39 is 5.91 Å². The molecule has 0 saturated heterocycles. The van der Waals surface area contributed by atoms with Gasteiger partial charge in [0, 0.05) is 24.0 Å². The van der Waals surface area contributed by atoms with Crippen molar-refractivity contribution < 1.29 is 9.59 Å². The van der Waals surface area contributed by atoms with Gasteiger partial charge in [-0.3, -0.25) is 9.59 Å². The molecule has 0 bridgehead atoms. The number of carbonyl (C=O) groups excluding carboxylic acids is 2. The molecule has 0 aromatic heterocycles. The Morgan fingerprint density at radius 1 is 1.40 bits per heavy atom. The van der Waals surface area contributed by atoms with Crippen LogP contribution in [0.25, 0.3) is 0 Å². The first-order valence-corrected chi connectivity index (χ1v) is 6.34. The zero-order chi connectivity index (χ0) is 15.0. The van der Waals surface area contributed by atoms with Crippen LogP contribution in [0.1, 0.15) is 30.6 Å². The number of benzene rings is 1. The van der Waals surface area contributed by atoms with Gasteiger partial charge in [-0.15, -0.1) is 0 Å².